The van der Waals surface area contributed by atoms with E-state index >= 15 is 0 Å². The van der Waals surface area contributed by atoms with Gasteiger partial charge in [0.1, 0.15) is 6.79 Å². The molecular weight excluding hydrogens is 292 g/mol. The van der Waals surface area contributed by atoms with Gasteiger partial charge in [-0.1, -0.05) is 18.2 Å². The van der Waals surface area contributed by atoms with E-state index in [1.165, 1.54) is 5.57 Å². The molecule has 0 heterocycles. The molecule has 0 amide bonds. The standard InChI is InChI=1S/C19H32O4/c1-13(2)15-9-8-14(3)17(23-12-21-7)16(15)10-11-22-18(20)19(4,5)6/h8,15-17H,1,9-12H2,2-7H3/t15-,16-,17-/m0/s1. The average molecular weight is 324 g/mol. The van der Waals surface area contributed by atoms with Gasteiger partial charge in [0, 0.05) is 7.11 Å². The first kappa shape index (κ1) is 19.9. The fraction of sp³-hybridized carbons (Fsp3) is 0.737. The highest BCUT2D eigenvalue weighted by molar-refractivity contribution is 5.75. The maximum atomic E-state index is 11.9. The highest BCUT2D eigenvalue weighted by atomic mass is 16.7. The molecule has 1 aliphatic rings. The van der Waals surface area contributed by atoms with Crippen molar-refractivity contribution < 1.29 is 19.0 Å². The number of ether oxygens (including phenoxy) is 3. The molecule has 0 aromatic heterocycles. The van der Waals surface area contributed by atoms with Gasteiger partial charge in [-0.05, 0) is 64.9 Å². The molecular formula is C19H32O4. The van der Waals surface area contributed by atoms with Gasteiger partial charge >= 0.3 is 5.97 Å². The third kappa shape index (κ3) is 5.78. The van der Waals surface area contributed by atoms with Crippen molar-refractivity contribution in [3.8, 4) is 0 Å². The van der Waals surface area contributed by atoms with Crippen molar-refractivity contribution in [3.05, 3.63) is 23.8 Å². The number of hydrogen-bond donors (Lipinski definition) is 0. The van der Waals surface area contributed by atoms with E-state index in [0.717, 1.165) is 18.4 Å². The number of esters is 1. The van der Waals surface area contributed by atoms with Crippen LogP contribution in [0.3, 0.4) is 0 Å². The first-order chi connectivity index (χ1) is 10.7. The van der Waals surface area contributed by atoms with E-state index in [1.807, 2.05) is 20.8 Å². The first-order valence-electron chi connectivity index (χ1n) is 8.28. The zero-order valence-corrected chi connectivity index (χ0v) is 15.5. The Hall–Kier alpha value is -1.13. The number of carbonyl (C=O) groups excluding carboxylic acids is 1. The summed E-state index contributed by atoms with van der Waals surface area (Å²) in [5.41, 5.74) is 1.89. The summed E-state index contributed by atoms with van der Waals surface area (Å²) in [5.74, 6) is 0.427. The summed E-state index contributed by atoms with van der Waals surface area (Å²) >= 11 is 0. The number of rotatable bonds is 7. The Kier molecular flexibility index (Phi) is 7.49. The van der Waals surface area contributed by atoms with Crippen molar-refractivity contribution in [1.82, 2.24) is 0 Å². The van der Waals surface area contributed by atoms with Crippen LogP contribution in [0.1, 0.15) is 47.5 Å². The Bertz CT molecular complexity index is 445. The van der Waals surface area contributed by atoms with Gasteiger partial charge in [0.2, 0.25) is 0 Å². The molecule has 4 nitrogen and oxygen atoms in total. The lowest BCUT2D eigenvalue weighted by Gasteiger charge is -2.38. The fourth-order valence-electron chi connectivity index (χ4n) is 2.97. The Labute approximate surface area is 140 Å². The van der Waals surface area contributed by atoms with Crippen LogP contribution < -0.4 is 0 Å². The van der Waals surface area contributed by atoms with Gasteiger partial charge in [-0.2, -0.15) is 0 Å². The fourth-order valence-corrected chi connectivity index (χ4v) is 2.97. The zero-order valence-electron chi connectivity index (χ0n) is 15.5. The largest absolute Gasteiger partial charge is 0.465 e. The lowest BCUT2D eigenvalue weighted by atomic mass is 9.73. The van der Waals surface area contributed by atoms with Crippen LogP contribution in [0, 0.1) is 17.3 Å². The lowest BCUT2D eigenvalue weighted by molar-refractivity contribution is -0.154. The predicted molar refractivity (Wildman–Crippen MR) is 91.9 cm³/mol. The van der Waals surface area contributed by atoms with Crippen LogP contribution in [0.4, 0.5) is 0 Å². The van der Waals surface area contributed by atoms with Gasteiger partial charge in [0.25, 0.3) is 0 Å². The molecule has 1 aliphatic carbocycles. The smallest absolute Gasteiger partial charge is 0.311 e. The highest BCUT2D eigenvalue weighted by Crippen LogP contribution is 2.38. The SMILES string of the molecule is C=C(C)[C@@H]1CC=C(C)[C@H](OCOC)[C@H]1CCOC(=O)C(C)(C)C. The van der Waals surface area contributed by atoms with E-state index in [2.05, 4.69) is 26.5 Å². The van der Waals surface area contributed by atoms with Crippen LogP contribution in [0.25, 0.3) is 0 Å². The molecule has 132 valence electrons. The molecule has 0 aromatic carbocycles. The Morgan fingerprint density at radius 3 is 2.57 bits per heavy atom. The van der Waals surface area contributed by atoms with Crippen LogP contribution in [0.2, 0.25) is 0 Å². The Morgan fingerprint density at radius 1 is 1.39 bits per heavy atom. The molecule has 0 radical (unpaired) electrons. The monoisotopic (exact) mass is 324 g/mol. The summed E-state index contributed by atoms with van der Waals surface area (Å²) in [6.45, 7) is 14.5. The van der Waals surface area contributed by atoms with Gasteiger partial charge in [-0.3, -0.25) is 4.79 Å². The van der Waals surface area contributed by atoms with E-state index in [1.54, 1.807) is 7.11 Å². The number of carbonyl (C=O) groups is 1. The summed E-state index contributed by atoms with van der Waals surface area (Å²) in [7, 11) is 1.62. The van der Waals surface area contributed by atoms with Crippen molar-refractivity contribution >= 4 is 5.97 Å². The van der Waals surface area contributed by atoms with Gasteiger partial charge in [0.05, 0.1) is 18.1 Å². The van der Waals surface area contributed by atoms with Gasteiger partial charge < -0.3 is 14.2 Å². The lowest BCUT2D eigenvalue weighted by Crippen LogP contribution is -2.36. The normalized spacial score (nSPS) is 25.0. The second kappa shape index (κ2) is 8.65. The summed E-state index contributed by atoms with van der Waals surface area (Å²) in [6.07, 6.45) is 3.93. The summed E-state index contributed by atoms with van der Waals surface area (Å²) in [6, 6.07) is 0. The van der Waals surface area contributed by atoms with Crippen molar-refractivity contribution in [3.63, 3.8) is 0 Å². The van der Waals surface area contributed by atoms with Crippen molar-refractivity contribution in [2.75, 3.05) is 20.5 Å². The molecule has 0 saturated heterocycles. The van der Waals surface area contributed by atoms with E-state index in [0.29, 0.717) is 12.5 Å². The number of methoxy groups -OCH3 is 1. The molecule has 0 aliphatic heterocycles. The van der Waals surface area contributed by atoms with Crippen LogP contribution in [0.5, 0.6) is 0 Å². The Balaban J connectivity index is 2.76. The molecule has 0 saturated carbocycles. The number of hydrogen-bond acceptors (Lipinski definition) is 4. The van der Waals surface area contributed by atoms with Gasteiger partial charge in [-0.25, -0.2) is 0 Å². The van der Waals surface area contributed by atoms with Crippen molar-refractivity contribution in [1.29, 1.82) is 0 Å². The minimum Gasteiger partial charge on any atom is -0.465 e. The second-order valence-corrected chi connectivity index (χ2v) is 7.47. The molecule has 0 unspecified atom stereocenters. The van der Waals surface area contributed by atoms with Crippen LogP contribution >= 0.6 is 0 Å². The molecule has 1 rings (SSSR count). The molecule has 0 fully saturated rings. The number of allylic oxidation sites excluding steroid dienone is 2. The molecule has 0 spiro atoms. The van der Waals surface area contributed by atoms with Crippen molar-refractivity contribution in [2.24, 2.45) is 17.3 Å². The first-order valence-corrected chi connectivity index (χ1v) is 8.28. The third-order valence-corrected chi connectivity index (χ3v) is 4.34. The predicted octanol–water partition coefficient (Wildman–Crippen LogP) is 4.11. The summed E-state index contributed by atoms with van der Waals surface area (Å²) < 4.78 is 16.4. The van der Waals surface area contributed by atoms with Crippen molar-refractivity contribution in [2.45, 2.75) is 53.6 Å². The van der Waals surface area contributed by atoms with Crippen LogP contribution in [-0.2, 0) is 19.0 Å². The molecule has 23 heavy (non-hydrogen) atoms. The molecule has 3 atom stereocenters. The molecule has 4 heteroatoms. The van der Waals surface area contributed by atoms with E-state index in [9.17, 15) is 4.79 Å². The van der Waals surface area contributed by atoms with E-state index < -0.39 is 5.41 Å². The summed E-state index contributed by atoms with van der Waals surface area (Å²) in [4.78, 5) is 11.9. The molecule has 0 bridgehead atoms. The average Bonchev–Trinajstić information content (AvgIpc) is 2.45. The maximum Gasteiger partial charge on any atom is 0.311 e. The van der Waals surface area contributed by atoms with Crippen LogP contribution in [-0.4, -0.2) is 32.6 Å². The second-order valence-electron chi connectivity index (χ2n) is 7.47. The molecule has 0 N–H and O–H groups in total. The minimum atomic E-state index is -0.470. The quantitative estimate of drug-likeness (QED) is 0.401. The zero-order chi connectivity index (χ0) is 17.6. The Morgan fingerprint density at radius 2 is 2.04 bits per heavy atom. The topological polar surface area (TPSA) is 44.8 Å². The maximum absolute atomic E-state index is 11.9. The molecule has 0 aromatic rings. The van der Waals surface area contributed by atoms with E-state index in [-0.39, 0.29) is 24.8 Å². The highest BCUT2D eigenvalue weighted by Gasteiger charge is 2.35. The van der Waals surface area contributed by atoms with Crippen LogP contribution in [0.15, 0.2) is 23.8 Å². The van der Waals surface area contributed by atoms with E-state index in [4.69, 9.17) is 14.2 Å². The summed E-state index contributed by atoms with van der Waals surface area (Å²) in [5, 5.41) is 0. The van der Waals surface area contributed by atoms with Gasteiger partial charge in [0.15, 0.2) is 0 Å². The third-order valence-electron chi connectivity index (χ3n) is 4.34. The van der Waals surface area contributed by atoms with Gasteiger partial charge in [-0.15, -0.1) is 0 Å². The minimum absolute atomic E-state index is 0.0151.